The van der Waals surface area contributed by atoms with Crippen LogP contribution in [-0.2, 0) is 14.4 Å². The summed E-state index contributed by atoms with van der Waals surface area (Å²) in [4.78, 5) is 36.3. The van der Waals surface area contributed by atoms with Crippen molar-refractivity contribution >= 4 is 17.7 Å². The number of hydrogen-bond acceptors (Lipinski definition) is 4. The molecule has 1 aromatic rings. The van der Waals surface area contributed by atoms with E-state index in [-0.39, 0.29) is 6.54 Å². The van der Waals surface area contributed by atoms with E-state index in [4.69, 9.17) is 5.73 Å². The van der Waals surface area contributed by atoms with Gasteiger partial charge in [0, 0.05) is 0 Å². The maximum atomic E-state index is 12.3. The molecule has 6 heteroatoms. The van der Waals surface area contributed by atoms with Crippen LogP contribution in [0.3, 0.4) is 0 Å². The van der Waals surface area contributed by atoms with Crippen LogP contribution < -0.4 is 11.1 Å². The van der Waals surface area contributed by atoms with Gasteiger partial charge in [-0.3, -0.25) is 19.7 Å². The van der Waals surface area contributed by atoms with E-state index in [9.17, 15) is 14.4 Å². The molecular weight excluding hydrogens is 246 g/mol. The van der Waals surface area contributed by atoms with Gasteiger partial charge in [-0.05, 0) is 12.5 Å². The average Bonchev–Trinajstić information content (AvgIpc) is 2.42. The second-order valence-electron chi connectivity index (χ2n) is 4.44. The summed E-state index contributed by atoms with van der Waals surface area (Å²) >= 11 is 0. The monoisotopic (exact) mass is 261 g/mol. The molecule has 2 unspecified atom stereocenters. The molecule has 3 amide bonds. The van der Waals surface area contributed by atoms with E-state index in [0.29, 0.717) is 5.56 Å². The van der Waals surface area contributed by atoms with Crippen LogP contribution in [0.5, 0.6) is 0 Å². The number of amides is 3. The van der Waals surface area contributed by atoms with E-state index in [1.54, 1.807) is 31.2 Å². The number of hydrogen-bond donors (Lipinski definition) is 2. The summed E-state index contributed by atoms with van der Waals surface area (Å²) < 4.78 is 0. The smallest absolute Gasteiger partial charge is 0.249 e. The molecule has 0 spiro atoms. The Kier molecular flexibility index (Phi) is 3.62. The maximum absolute atomic E-state index is 12.3. The van der Waals surface area contributed by atoms with Gasteiger partial charge in [0.05, 0.1) is 0 Å². The van der Waals surface area contributed by atoms with Gasteiger partial charge in [0.2, 0.25) is 17.7 Å². The van der Waals surface area contributed by atoms with Crippen LogP contribution in [0, 0.1) is 0 Å². The van der Waals surface area contributed by atoms with Crippen molar-refractivity contribution in [2.45, 2.75) is 19.0 Å². The predicted molar refractivity (Wildman–Crippen MR) is 67.7 cm³/mol. The quantitative estimate of drug-likeness (QED) is 0.706. The molecular formula is C13H15N3O3. The molecule has 0 saturated carbocycles. The first kappa shape index (κ1) is 13.2. The normalized spacial score (nSPS) is 20.9. The maximum Gasteiger partial charge on any atom is 0.249 e. The zero-order valence-electron chi connectivity index (χ0n) is 10.5. The molecule has 0 radical (unpaired) electrons. The van der Waals surface area contributed by atoms with Crippen molar-refractivity contribution in [1.82, 2.24) is 10.2 Å². The van der Waals surface area contributed by atoms with E-state index in [1.165, 1.54) is 4.90 Å². The second-order valence-corrected chi connectivity index (χ2v) is 4.44. The number of nitrogens with one attached hydrogen (secondary N) is 1. The van der Waals surface area contributed by atoms with Crippen molar-refractivity contribution in [3.8, 4) is 0 Å². The van der Waals surface area contributed by atoms with Crippen LogP contribution in [0.4, 0.5) is 0 Å². The Hall–Kier alpha value is -2.21. The Bertz CT molecular complexity index is 515. The molecule has 1 aromatic carbocycles. The van der Waals surface area contributed by atoms with Gasteiger partial charge in [-0.1, -0.05) is 30.3 Å². The Morgan fingerprint density at radius 1 is 1.37 bits per heavy atom. The number of carbonyl (C=O) groups excluding carboxylic acids is 3. The lowest BCUT2D eigenvalue weighted by Crippen LogP contribution is -2.60. The molecule has 1 aliphatic heterocycles. The minimum absolute atomic E-state index is 0.147. The summed E-state index contributed by atoms with van der Waals surface area (Å²) in [6.45, 7) is 1.42. The molecule has 1 heterocycles. The van der Waals surface area contributed by atoms with E-state index in [0.717, 1.165) is 0 Å². The zero-order chi connectivity index (χ0) is 14.0. The van der Waals surface area contributed by atoms with Gasteiger partial charge in [0.25, 0.3) is 0 Å². The highest BCUT2D eigenvalue weighted by Crippen LogP contribution is 2.16. The summed E-state index contributed by atoms with van der Waals surface area (Å²) in [7, 11) is 0. The van der Waals surface area contributed by atoms with Gasteiger partial charge >= 0.3 is 0 Å². The molecule has 3 N–H and O–H groups in total. The van der Waals surface area contributed by atoms with Gasteiger partial charge in [-0.15, -0.1) is 0 Å². The predicted octanol–water partition coefficient (Wildman–Crippen LogP) is -0.440. The topological polar surface area (TPSA) is 92.5 Å². The number of carbonyl (C=O) groups is 3. The van der Waals surface area contributed by atoms with Gasteiger partial charge < -0.3 is 10.6 Å². The summed E-state index contributed by atoms with van der Waals surface area (Å²) in [5.41, 5.74) is 6.54. The minimum atomic E-state index is -0.873. The van der Waals surface area contributed by atoms with E-state index >= 15 is 0 Å². The van der Waals surface area contributed by atoms with Crippen LogP contribution in [0.25, 0.3) is 0 Å². The molecule has 1 fully saturated rings. The number of nitrogens with zero attached hydrogens (tertiary/aromatic N) is 1. The largest absolute Gasteiger partial charge is 0.320 e. The lowest BCUT2D eigenvalue weighted by atomic mass is 10.0. The second kappa shape index (κ2) is 5.19. The molecule has 6 nitrogen and oxygen atoms in total. The lowest BCUT2D eigenvalue weighted by molar-refractivity contribution is -0.150. The SMILES string of the molecule is CC1C(=O)NC(=O)CN1C(=O)C(N)c1ccccc1. The Morgan fingerprint density at radius 2 is 2.00 bits per heavy atom. The zero-order valence-corrected chi connectivity index (χ0v) is 10.5. The minimum Gasteiger partial charge on any atom is -0.320 e. The number of nitrogens with two attached hydrogens (primary N) is 1. The number of imide groups is 1. The van der Waals surface area contributed by atoms with Gasteiger partial charge in [0.1, 0.15) is 18.6 Å². The fourth-order valence-corrected chi connectivity index (χ4v) is 1.96. The van der Waals surface area contributed by atoms with Crippen LogP contribution in [0.1, 0.15) is 18.5 Å². The molecule has 2 atom stereocenters. The number of piperazine rings is 1. The highest BCUT2D eigenvalue weighted by Gasteiger charge is 2.35. The highest BCUT2D eigenvalue weighted by atomic mass is 16.2. The van der Waals surface area contributed by atoms with Crippen LogP contribution in [0.15, 0.2) is 30.3 Å². The molecule has 1 saturated heterocycles. The van der Waals surface area contributed by atoms with Crippen LogP contribution >= 0.6 is 0 Å². The van der Waals surface area contributed by atoms with Gasteiger partial charge in [-0.25, -0.2) is 0 Å². The summed E-state index contributed by atoms with van der Waals surface area (Å²) in [5, 5.41) is 2.18. The van der Waals surface area contributed by atoms with Crippen molar-refractivity contribution in [2.24, 2.45) is 5.73 Å². The lowest BCUT2D eigenvalue weighted by Gasteiger charge is -2.33. The number of benzene rings is 1. The standard InChI is InChI=1S/C13H15N3O3/c1-8-12(18)15-10(17)7-16(8)13(19)11(14)9-5-3-2-4-6-9/h2-6,8,11H,7,14H2,1H3,(H,15,17,18). The third-order valence-corrected chi connectivity index (χ3v) is 3.13. The van der Waals surface area contributed by atoms with Gasteiger partial charge in [0.15, 0.2) is 0 Å². The molecule has 2 rings (SSSR count). The third kappa shape index (κ3) is 2.63. The van der Waals surface area contributed by atoms with Crippen molar-refractivity contribution < 1.29 is 14.4 Å². The average molecular weight is 261 g/mol. The highest BCUT2D eigenvalue weighted by molar-refractivity contribution is 6.04. The van der Waals surface area contributed by atoms with Crippen LogP contribution in [0.2, 0.25) is 0 Å². The third-order valence-electron chi connectivity index (χ3n) is 3.13. The fourth-order valence-electron chi connectivity index (χ4n) is 1.96. The Morgan fingerprint density at radius 3 is 2.63 bits per heavy atom. The summed E-state index contributed by atoms with van der Waals surface area (Å²) in [6, 6.07) is 7.28. The Labute approximate surface area is 110 Å². The van der Waals surface area contributed by atoms with Crippen molar-refractivity contribution in [3.63, 3.8) is 0 Å². The van der Waals surface area contributed by atoms with Crippen molar-refractivity contribution in [3.05, 3.63) is 35.9 Å². The molecule has 100 valence electrons. The van der Waals surface area contributed by atoms with Gasteiger partial charge in [-0.2, -0.15) is 0 Å². The molecule has 0 aliphatic carbocycles. The fraction of sp³-hybridized carbons (Fsp3) is 0.308. The van der Waals surface area contributed by atoms with Crippen molar-refractivity contribution in [1.29, 1.82) is 0 Å². The van der Waals surface area contributed by atoms with E-state index in [1.807, 2.05) is 6.07 Å². The van der Waals surface area contributed by atoms with E-state index < -0.39 is 29.8 Å². The first-order valence-electron chi connectivity index (χ1n) is 5.95. The molecule has 1 aliphatic rings. The van der Waals surface area contributed by atoms with Crippen molar-refractivity contribution in [2.75, 3.05) is 6.54 Å². The molecule has 0 bridgehead atoms. The van der Waals surface area contributed by atoms with Crippen LogP contribution in [-0.4, -0.2) is 35.2 Å². The van der Waals surface area contributed by atoms with E-state index in [2.05, 4.69) is 5.32 Å². The molecule has 0 aromatic heterocycles. The first-order chi connectivity index (χ1) is 9.00. The number of rotatable bonds is 2. The summed E-state index contributed by atoms with van der Waals surface area (Å²) in [6.07, 6.45) is 0. The molecule has 19 heavy (non-hydrogen) atoms. The Balaban J connectivity index is 2.19. The first-order valence-corrected chi connectivity index (χ1v) is 5.95. The summed E-state index contributed by atoms with van der Waals surface area (Å²) in [5.74, 6) is -1.40.